The Morgan fingerprint density at radius 3 is 2.45 bits per heavy atom. The number of benzene rings is 1. The zero-order valence-electron chi connectivity index (χ0n) is 22.8. The van der Waals surface area contributed by atoms with Crippen LogP contribution in [0, 0.1) is 25.7 Å². The van der Waals surface area contributed by atoms with Gasteiger partial charge in [0.2, 0.25) is 17.6 Å². The molecule has 1 saturated carbocycles. The highest BCUT2D eigenvalue weighted by atomic mass is 16.5. The highest BCUT2D eigenvalue weighted by Gasteiger charge is 2.37. The van der Waals surface area contributed by atoms with Crippen LogP contribution in [0.25, 0.3) is 11.4 Å². The largest absolute Gasteiger partial charge is 0.355 e. The van der Waals surface area contributed by atoms with E-state index < -0.39 is 0 Å². The Bertz CT molecular complexity index is 1060. The van der Waals surface area contributed by atoms with E-state index in [2.05, 4.69) is 27.4 Å². The molecule has 1 aromatic carbocycles. The number of nitrogens with one attached hydrogen (secondary N) is 1. The Morgan fingerprint density at radius 1 is 1.11 bits per heavy atom. The van der Waals surface area contributed by atoms with Gasteiger partial charge >= 0.3 is 0 Å². The second-order valence-corrected chi connectivity index (χ2v) is 10.6. The molecule has 1 N–H and O–H groups in total. The van der Waals surface area contributed by atoms with Crippen LogP contribution in [0.3, 0.4) is 0 Å². The summed E-state index contributed by atoms with van der Waals surface area (Å²) in [6.45, 7) is 8.63. The lowest BCUT2D eigenvalue weighted by Gasteiger charge is -2.32. The molecule has 210 valence electrons. The molecule has 1 aromatic heterocycles. The van der Waals surface area contributed by atoms with Crippen molar-refractivity contribution in [2.45, 2.75) is 73.1 Å². The SMILES string of the molecule is C.CCCCCNC(=O)CN(CC(=O)N(C)N1CC2CCCCC2C1)c1cc(-c2noc(C)n2)ccc1C. The van der Waals surface area contributed by atoms with Crippen molar-refractivity contribution in [2.75, 3.05) is 44.7 Å². The maximum absolute atomic E-state index is 13.5. The van der Waals surface area contributed by atoms with Gasteiger partial charge in [-0.2, -0.15) is 4.98 Å². The van der Waals surface area contributed by atoms with E-state index in [1.807, 2.05) is 37.1 Å². The summed E-state index contributed by atoms with van der Waals surface area (Å²) in [4.78, 5) is 32.7. The van der Waals surface area contributed by atoms with E-state index in [0.717, 1.165) is 49.2 Å². The van der Waals surface area contributed by atoms with Gasteiger partial charge in [-0.25, -0.2) is 5.01 Å². The lowest BCUT2D eigenvalue weighted by molar-refractivity contribution is -0.142. The second kappa shape index (κ2) is 13.7. The number of fused-ring (bicyclic) bond motifs is 1. The summed E-state index contributed by atoms with van der Waals surface area (Å²) >= 11 is 0. The smallest absolute Gasteiger partial charge is 0.256 e. The van der Waals surface area contributed by atoms with Gasteiger partial charge in [-0.05, 0) is 49.7 Å². The molecule has 1 aliphatic carbocycles. The number of carbonyl (C=O) groups excluding carboxylic acids is 2. The molecule has 1 aliphatic heterocycles. The molecule has 1 saturated heterocycles. The number of likely N-dealkylation sites (N-methyl/N-ethyl adjacent to an activating group) is 1. The summed E-state index contributed by atoms with van der Waals surface area (Å²) in [6, 6.07) is 5.86. The van der Waals surface area contributed by atoms with Gasteiger partial charge in [0.1, 0.15) is 0 Å². The summed E-state index contributed by atoms with van der Waals surface area (Å²) in [5, 5.41) is 11.1. The first-order valence-corrected chi connectivity index (χ1v) is 13.8. The van der Waals surface area contributed by atoms with E-state index in [4.69, 9.17) is 4.52 Å². The van der Waals surface area contributed by atoms with Gasteiger partial charge in [-0.3, -0.25) is 14.6 Å². The molecule has 2 fully saturated rings. The van der Waals surface area contributed by atoms with Crippen molar-refractivity contribution >= 4 is 17.5 Å². The van der Waals surface area contributed by atoms with Crippen LogP contribution in [0.2, 0.25) is 0 Å². The Labute approximate surface area is 227 Å². The third kappa shape index (κ3) is 7.34. The molecular weight excluding hydrogens is 480 g/mol. The molecule has 0 radical (unpaired) electrons. The molecule has 2 unspecified atom stereocenters. The fraction of sp³-hybridized carbons (Fsp3) is 0.655. The number of aryl methyl sites for hydroxylation is 2. The number of hydrogen-bond donors (Lipinski definition) is 1. The van der Waals surface area contributed by atoms with Gasteiger partial charge < -0.3 is 14.7 Å². The molecule has 9 heteroatoms. The molecule has 9 nitrogen and oxygen atoms in total. The topological polar surface area (TPSA) is 94.8 Å². The maximum atomic E-state index is 13.5. The Balaban J connectivity index is 0.00000400. The van der Waals surface area contributed by atoms with Gasteiger partial charge in [0, 0.05) is 44.9 Å². The van der Waals surface area contributed by atoms with Crippen molar-refractivity contribution in [1.29, 1.82) is 0 Å². The number of hydrazine groups is 1. The van der Waals surface area contributed by atoms with Crippen LogP contribution in [0.4, 0.5) is 5.69 Å². The van der Waals surface area contributed by atoms with Crippen LogP contribution < -0.4 is 10.2 Å². The Kier molecular flexibility index (Phi) is 10.7. The Hall–Kier alpha value is -2.94. The quantitative estimate of drug-likeness (QED) is 0.428. The van der Waals surface area contributed by atoms with Crippen LogP contribution in [-0.2, 0) is 9.59 Å². The normalized spacial score (nSPS) is 18.9. The molecule has 2 amide bonds. The van der Waals surface area contributed by atoms with Crippen LogP contribution in [0.1, 0.15) is 70.8 Å². The number of amides is 2. The average molecular weight is 527 g/mol. The van der Waals surface area contributed by atoms with E-state index >= 15 is 0 Å². The van der Waals surface area contributed by atoms with Crippen LogP contribution >= 0.6 is 0 Å². The summed E-state index contributed by atoms with van der Waals surface area (Å²) in [7, 11) is 1.87. The molecule has 2 heterocycles. The number of nitrogens with zero attached hydrogens (tertiary/aromatic N) is 5. The number of unbranched alkanes of at least 4 members (excludes halogenated alkanes) is 2. The first kappa shape index (κ1) is 29.6. The van der Waals surface area contributed by atoms with Crippen molar-refractivity contribution < 1.29 is 14.1 Å². The predicted molar refractivity (Wildman–Crippen MR) is 150 cm³/mol. The van der Waals surface area contributed by atoms with E-state index in [-0.39, 0.29) is 32.3 Å². The monoisotopic (exact) mass is 526 g/mol. The van der Waals surface area contributed by atoms with E-state index in [1.165, 1.54) is 25.7 Å². The van der Waals surface area contributed by atoms with Gasteiger partial charge in [0.25, 0.3) is 5.91 Å². The van der Waals surface area contributed by atoms with Gasteiger partial charge in [0.05, 0.1) is 13.1 Å². The maximum Gasteiger partial charge on any atom is 0.256 e. The third-order valence-electron chi connectivity index (χ3n) is 7.84. The van der Waals surface area contributed by atoms with Crippen molar-refractivity contribution in [3.63, 3.8) is 0 Å². The van der Waals surface area contributed by atoms with E-state index in [0.29, 0.717) is 30.1 Å². The number of anilines is 1. The summed E-state index contributed by atoms with van der Waals surface area (Å²) in [5.74, 6) is 2.25. The first-order valence-electron chi connectivity index (χ1n) is 13.8. The fourth-order valence-corrected chi connectivity index (χ4v) is 5.61. The highest BCUT2D eigenvalue weighted by Crippen LogP contribution is 2.36. The minimum atomic E-state index is -0.0843. The number of rotatable bonds is 11. The molecular formula is C29H46N6O3. The average Bonchev–Trinajstić information content (AvgIpc) is 3.52. The number of hydrogen-bond acceptors (Lipinski definition) is 7. The Morgan fingerprint density at radius 2 is 1.82 bits per heavy atom. The van der Waals surface area contributed by atoms with Crippen LogP contribution in [0.5, 0.6) is 0 Å². The van der Waals surface area contributed by atoms with Gasteiger partial charge in [-0.1, -0.05) is 57.3 Å². The lowest BCUT2D eigenvalue weighted by atomic mass is 9.82. The predicted octanol–water partition coefficient (Wildman–Crippen LogP) is 4.60. The molecule has 0 spiro atoms. The summed E-state index contributed by atoms with van der Waals surface area (Å²) < 4.78 is 5.17. The number of aromatic nitrogens is 2. The van der Waals surface area contributed by atoms with E-state index in [9.17, 15) is 9.59 Å². The van der Waals surface area contributed by atoms with Crippen molar-refractivity contribution in [3.05, 3.63) is 29.7 Å². The molecule has 0 bridgehead atoms. The third-order valence-corrected chi connectivity index (χ3v) is 7.84. The van der Waals surface area contributed by atoms with E-state index in [1.54, 1.807) is 11.9 Å². The zero-order valence-corrected chi connectivity index (χ0v) is 22.8. The lowest BCUT2D eigenvalue weighted by Crippen LogP contribution is -2.49. The van der Waals surface area contributed by atoms with Crippen LogP contribution in [-0.4, -0.2) is 71.7 Å². The minimum Gasteiger partial charge on any atom is -0.355 e. The molecule has 2 aromatic rings. The summed E-state index contributed by atoms with van der Waals surface area (Å²) in [5.41, 5.74) is 2.58. The van der Waals surface area contributed by atoms with Gasteiger partial charge in [-0.15, -0.1) is 0 Å². The van der Waals surface area contributed by atoms with Crippen molar-refractivity contribution in [1.82, 2.24) is 25.5 Å². The van der Waals surface area contributed by atoms with Gasteiger partial charge in [0.15, 0.2) is 0 Å². The van der Waals surface area contributed by atoms with Crippen molar-refractivity contribution in [2.24, 2.45) is 11.8 Å². The first-order chi connectivity index (χ1) is 17.9. The molecule has 2 aliphatic rings. The van der Waals surface area contributed by atoms with Crippen molar-refractivity contribution in [3.8, 4) is 11.4 Å². The highest BCUT2D eigenvalue weighted by molar-refractivity contribution is 5.87. The second-order valence-electron chi connectivity index (χ2n) is 10.6. The molecule has 38 heavy (non-hydrogen) atoms. The molecule has 4 rings (SSSR count). The number of carbonyl (C=O) groups is 2. The van der Waals surface area contributed by atoms with Crippen LogP contribution in [0.15, 0.2) is 22.7 Å². The zero-order chi connectivity index (χ0) is 26.4. The fourth-order valence-electron chi connectivity index (χ4n) is 5.61. The minimum absolute atomic E-state index is 0. The standard InChI is InChI=1S/C28H42N6O3.CH4/c1-5-6-9-14-29-26(35)18-33(25-15-22(13-12-20(25)2)28-30-21(3)37-31-28)19-27(36)32(4)34-16-23-10-7-8-11-24(23)17-34;/h12-13,15,23-24H,5-11,14,16-19H2,1-4H3,(H,29,35);1H4. The summed E-state index contributed by atoms with van der Waals surface area (Å²) in [6.07, 6.45) is 8.24. The molecule has 2 atom stereocenters.